The quantitative estimate of drug-likeness (QED) is 0.628. The molecule has 2 rings (SSSR count). The molecule has 0 bridgehead atoms. The normalized spacial score (nSPS) is 22.7. The molecule has 23 heavy (non-hydrogen) atoms. The van der Waals surface area contributed by atoms with Crippen molar-refractivity contribution in [3.63, 3.8) is 0 Å². The van der Waals surface area contributed by atoms with E-state index < -0.39 is 27.7 Å². The molecule has 1 amide bonds. The highest BCUT2D eigenvalue weighted by Gasteiger charge is 2.27. The third kappa shape index (κ3) is 4.73. The number of hydrogen-bond donors (Lipinski definition) is 3. The van der Waals surface area contributed by atoms with Gasteiger partial charge in [0.05, 0.1) is 16.8 Å². The van der Waals surface area contributed by atoms with Crippen molar-refractivity contribution in [1.29, 1.82) is 0 Å². The van der Waals surface area contributed by atoms with Crippen molar-refractivity contribution in [2.75, 3.05) is 25.4 Å². The third-order valence-electron chi connectivity index (χ3n) is 3.93. The van der Waals surface area contributed by atoms with E-state index in [0.717, 1.165) is 12.1 Å². The Hall–Kier alpha value is -1.51. The van der Waals surface area contributed by atoms with Crippen LogP contribution in [0.25, 0.3) is 0 Å². The molecule has 0 spiro atoms. The standard InChI is InChI=1S/C15H21FN2O4S/c1-10(15(20)18-7-11-6-17-8-14(11)19)9-23(21,22)13-4-2-12(16)3-5-13/h2-5,10-11,14,17,19H,6-9H2,1H3,(H,18,20). The van der Waals surface area contributed by atoms with Gasteiger partial charge in [-0.25, -0.2) is 12.8 Å². The zero-order valence-electron chi connectivity index (χ0n) is 12.8. The van der Waals surface area contributed by atoms with E-state index in [1.807, 2.05) is 0 Å². The molecule has 8 heteroatoms. The van der Waals surface area contributed by atoms with Crippen molar-refractivity contribution >= 4 is 15.7 Å². The van der Waals surface area contributed by atoms with E-state index in [1.54, 1.807) is 0 Å². The second-order valence-electron chi connectivity index (χ2n) is 5.87. The zero-order valence-corrected chi connectivity index (χ0v) is 13.6. The molecule has 1 aliphatic rings. The summed E-state index contributed by atoms with van der Waals surface area (Å²) < 4.78 is 37.3. The van der Waals surface area contributed by atoms with Crippen molar-refractivity contribution in [1.82, 2.24) is 10.6 Å². The van der Waals surface area contributed by atoms with Crippen LogP contribution in [0.5, 0.6) is 0 Å². The SMILES string of the molecule is CC(CS(=O)(=O)c1ccc(F)cc1)C(=O)NCC1CNCC1O. The summed E-state index contributed by atoms with van der Waals surface area (Å²) in [6.07, 6.45) is -0.506. The fourth-order valence-electron chi connectivity index (χ4n) is 2.48. The summed E-state index contributed by atoms with van der Waals surface area (Å²) in [7, 11) is -3.66. The molecule has 1 aromatic carbocycles. The number of β-amino-alcohol motifs (C(OH)–C–C–N with tert-alkyl or cyclic N) is 1. The number of carbonyl (C=O) groups excluding carboxylic acids is 1. The maximum absolute atomic E-state index is 12.9. The maximum atomic E-state index is 12.9. The van der Waals surface area contributed by atoms with Gasteiger partial charge in [0.2, 0.25) is 5.91 Å². The van der Waals surface area contributed by atoms with Crippen LogP contribution in [0, 0.1) is 17.7 Å². The molecular weight excluding hydrogens is 323 g/mol. The van der Waals surface area contributed by atoms with Crippen LogP contribution >= 0.6 is 0 Å². The molecule has 0 aromatic heterocycles. The molecule has 1 fully saturated rings. The minimum Gasteiger partial charge on any atom is -0.391 e. The van der Waals surface area contributed by atoms with Crippen LogP contribution in [0.2, 0.25) is 0 Å². The zero-order chi connectivity index (χ0) is 17.0. The number of amides is 1. The van der Waals surface area contributed by atoms with E-state index in [-0.39, 0.29) is 22.5 Å². The molecule has 6 nitrogen and oxygen atoms in total. The second kappa shape index (κ2) is 7.37. The number of hydrogen-bond acceptors (Lipinski definition) is 5. The van der Waals surface area contributed by atoms with E-state index >= 15 is 0 Å². The summed E-state index contributed by atoms with van der Waals surface area (Å²) in [4.78, 5) is 12.0. The van der Waals surface area contributed by atoms with E-state index in [2.05, 4.69) is 10.6 Å². The monoisotopic (exact) mass is 344 g/mol. The van der Waals surface area contributed by atoms with Gasteiger partial charge >= 0.3 is 0 Å². The average Bonchev–Trinajstić information content (AvgIpc) is 2.90. The van der Waals surface area contributed by atoms with Crippen molar-refractivity contribution in [3.05, 3.63) is 30.1 Å². The van der Waals surface area contributed by atoms with Gasteiger partial charge in [-0.2, -0.15) is 0 Å². The largest absolute Gasteiger partial charge is 0.391 e. The topological polar surface area (TPSA) is 95.5 Å². The lowest BCUT2D eigenvalue weighted by Gasteiger charge is -2.17. The molecule has 1 heterocycles. The summed E-state index contributed by atoms with van der Waals surface area (Å²) in [5.41, 5.74) is 0. The predicted molar refractivity (Wildman–Crippen MR) is 83.0 cm³/mol. The lowest BCUT2D eigenvalue weighted by molar-refractivity contribution is -0.124. The summed E-state index contributed by atoms with van der Waals surface area (Å²) in [5.74, 6) is -2.06. The summed E-state index contributed by atoms with van der Waals surface area (Å²) in [6.45, 7) is 2.94. The second-order valence-corrected chi connectivity index (χ2v) is 7.90. The Bertz CT molecular complexity index is 648. The minimum atomic E-state index is -3.66. The number of sulfone groups is 1. The highest BCUT2D eigenvalue weighted by atomic mass is 32.2. The van der Waals surface area contributed by atoms with Crippen molar-refractivity contribution in [3.8, 4) is 0 Å². The molecule has 3 N–H and O–H groups in total. The molecule has 1 aromatic rings. The van der Waals surface area contributed by atoms with Crippen molar-refractivity contribution in [2.45, 2.75) is 17.9 Å². The van der Waals surface area contributed by atoms with Gasteiger partial charge in [-0.3, -0.25) is 4.79 Å². The van der Waals surface area contributed by atoms with Crippen LogP contribution < -0.4 is 10.6 Å². The van der Waals surface area contributed by atoms with Gasteiger partial charge in [-0.05, 0) is 24.3 Å². The fourth-order valence-corrected chi connectivity index (χ4v) is 4.03. The number of rotatable bonds is 6. The summed E-state index contributed by atoms with van der Waals surface area (Å²) >= 11 is 0. The van der Waals surface area contributed by atoms with Gasteiger partial charge in [0, 0.05) is 31.5 Å². The number of benzene rings is 1. The first-order valence-corrected chi connectivity index (χ1v) is 9.09. The lowest BCUT2D eigenvalue weighted by atomic mass is 10.1. The van der Waals surface area contributed by atoms with Gasteiger partial charge in [-0.1, -0.05) is 6.92 Å². The average molecular weight is 344 g/mol. The fraction of sp³-hybridized carbons (Fsp3) is 0.533. The number of halogens is 1. The summed E-state index contributed by atoms with van der Waals surface area (Å²) in [6, 6.07) is 4.53. The molecule has 3 atom stereocenters. The highest BCUT2D eigenvalue weighted by Crippen LogP contribution is 2.15. The van der Waals surface area contributed by atoms with Crippen LogP contribution in [0.15, 0.2) is 29.2 Å². The number of aliphatic hydroxyl groups excluding tert-OH is 1. The van der Waals surface area contributed by atoms with Gasteiger partial charge in [-0.15, -0.1) is 0 Å². The van der Waals surface area contributed by atoms with Gasteiger partial charge in [0.1, 0.15) is 5.82 Å². The minimum absolute atomic E-state index is 0.00559. The van der Waals surface area contributed by atoms with Crippen molar-refractivity contribution in [2.24, 2.45) is 11.8 Å². The number of carbonyl (C=O) groups is 1. The molecular formula is C15H21FN2O4S. The Morgan fingerprint density at radius 1 is 1.39 bits per heavy atom. The molecule has 3 unspecified atom stereocenters. The first-order chi connectivity index (χ1) is 10.8. The van der Waals surface area contributed by atoms with Gasteiger partial charge < -0.3 is 15.7 Å². The molecule has 1 saturated heterocycles. The Morgan fingerprint density at radius 3 is 2.61 bits per heavy atom. The Morgan fingerprint density at radius 2 is 2.04 bits per heavy atom. The highest BCUT2D eigenvalue weighted by molar-refractivity contribution is 7.91. The van der Waals surface area contributed by atoms with Crippen LogP contribution in [0.3, 0.4) is 0 Å². The van der Waals surface area contributed by atoms with E-state index in [1.165, 1.54) is 19.1 Å². The van der Waals surface area contributed by atoms with Crippen molar-refractivity contribution < 1.29 is 22.7 Å². The molecule has 128 valence electrons. The first kappa shape index (κ1) is 17.8. The predicted octanol–water partition coefficient (Wildman–Crippen LogP) is -0.0680. The summed E-state index contributed by atoms with van der Waals surface area (Å²) in [5, 5.41) is 15.3. The molecule has 0 radical (unpaired) electrons. The molecule has 0 saturated carbocycles. The van der Waals surface area contributed by atoms with E-state index in [0.29, 0.717) is 19.6 Å². The molecule has 0 aliphatic carbocycles. The number of nitrogens with one attached hydrogen (secondary N) is 2. The maximum Gasteiger partial charge on any atom is 0.223 e. The van der Waals surface area contributed by atoms with Crippen LogP contribution in [-0.4, -0.2) is 50.9 Å². The molecule has 1 aliphatic heterocycles. The first-order valence-electron chi connectivity index (χ1n) is 7.44. The van der Waals surface area contributed by atoms with E-state index in [9.17, 15) is 22.7 Å². The van der Waals surface area contributed by atoms with Crippen LogP contribution in [0.4, 0.5) is 4.39 Å². The Balaban J connectivity index is 1.90. The Kier molecular flexibility index (Phi) is 5.72. The lowest BCUT2D eigenvalue weighted by Crippen LogP contribution is -2.38. The van der Waals surface area contributed by atoms with Gasteiger partial charge in [0.15, 0.2) is 9.84 Å². The van der Waals surface area contributed by atoms with Gasteiger partial charge in [0.25, 0.3) is 0 Å². The smallest absolute Gasteiger partial charge is 0.223 e. The third-order valence-corrected chi connectivity index (χ3v) is 5.86. The Labute approximate surface area is 135 Å². The van der Waals surface area contributed by atoms with Crippen LogP contribution in [-0.2, 0) is 14.6 Å². The van der Waals surface area contributed by atoms with E-state index in [4.69, 9.17) is 0 Å². The number of aliphatic hydroxyl groups is 1. The van der Waals surface area contributed by atoms with Crippen LogP contribution in [0.1, 0.15) is 6.92 Å².